The van der Waals surface area contributed by atoms with Gasteiger partial charge in [0.2, 0.25) is 5.82 Å². The normalized spacial score (nSPS) is 10.8. The topological polar surface area (TPSA) is 17.1 Å². The quantitative estimate of drug-likeness (QED) is 0.272. The van der Waals surface area contributed by atoms with Crippen molar-refractivity contribution in [1.29, 1.82) is 0 Å². The van der Waals surface area contributed by atoms with Crippen LogP contribution in [0.1, 0.15) is 15.9 Å². The lowest BCUT2D eigenvalue weighted by Gasteiger charge is -2.08. The standard InChI is InChI=1S/C19H9F5O/c20-14-13(15(21)17(23)18(24)16(14)22)19(25)12-8-6-11(7-9-12)10-4-2-1-3-5-10/h1-9H. The molecule has 0 saturated carbocycles. The van der Waals surface area contributed by atoms with Crippen LogP contribution in [0.5, 0.6) is 0 Å². The van der Waals surface area contributed by atoms with Crippen molar-refractivity contribution < 1.29 is 26.7 Å². The SMILES string of the molecule is O=C(c1ccc(-c2ccccc2)cc1)c1c(F)c(F)c(F)c(F)c1F. The molecule has 3 rings (SSSR count). The lowest BCUT2D eigenvalue weighted by atomic mass is 9.98. The van der Waals surface area contributed by atoms with Gasteiger partial charge in [0, 0.05) is 5.56 Å². The van der Waals surface area contributed by atoms with Gasteiger partial charge in [-0.2, -0.15) is 0 Å². The van der Waals surface area contributed by atoms with E-state index >= 15 is 0 Å². The Morgan fingerprint density at radius 1 is 0.560 bits per heavy atom. The van der Waals surface area contributed by atoms with E-state index in [4.69, 9.17) is 0 Å². The monoisotopic (exact) mass is 348 g/mol. The fourth-order valence-electron chi connectivity index (χ4n) is 2.39. The van der Waals surface area contributed by atoms with Gasteiger partial charge in [-0.05, 0) is 11.1 Å². The predicted molar refractivity (Wildman–Crippen MR) is 81.5 cm³/mol. The minimum atomic E-state index is -2.30. The molecule has 0 aliphatic rings. The molecule has 1 nitrogen and oxygen atoms in total. The minimum absolute atomic E-state index is 0.192. The first-order valence-corrected chi connectivity index (χ1v) is 7.13. The summed E-state index contributed by atoms with van der Waals surface area (Å²) in [5.41, 5.74) is -0.0842. The van der Waals surface area contributed by atoms with Gasteiger partial charge in [-0.1, -0.05) is 54.6 Å². The summed E-state index contributed by atoms with van der Waals surface area (Å²) < 4.78 is 67.0. The summed E-state index contributed by atoms with van der Waals surface area (Å²) in [6.07, 6.45) is 0. The second-order valence-corrected chi connectivity index (χ2v) is 5.22. The first-order chi connectivity index (χ1) is 11.9. The molecule has 3 aromatic carbocycles. The van der Waals surface area contributed by atoms with E-state index in [1.807, 2.05) is 30.3 Å². The summed E-state index contributed by atoms with van der Waals surface area (Å²) in [4.78, 5) is 12.2. The van der Waals surface area contributed by atoms with Crippen molar-refractivity contribution in [3.63, 3.8) is 0 Å². The van der Waals surface area contributed by atoms with Gasteiger partial charge in [0.1, 0.15) is 5.56 Å². The number of hydrogen-bond donors (Lipinski definition) is 0. The van der Waals surface area contributed by atoms with E-state index in [0.717, 1.165) is 11.1 Å². The predicted octanol–water partition coefficient (Wildman–Crippen LogP) is 5.28. The van der Waals surface area contributed by atoms with Gasteiger partial charge in [0.25, 0.3) is 0 Å². The van der Waals surface area contributed by atoms with Crippen molar-refractivity contribution in [2.75, 3.05) is 0 Å². The second kappa shape index (κ2) is 6.47. The fourth-order valence-corrected chi connectivity index (χ4v) is 2.39. The third kappa shape index (κ3) is 2.91. The van der Waals surface area contributed by atoms with Crippen LogP contribution in [0.25, 0.3) is 11.1 Å². The van der Waals surface area contributed by atoms with Crippen molar-refractivity contribution >= 4 is 5.78 Å². The van der Waals surface area contributed by atoms with Gasteiger partial charge < -0.3 is 0 Å². The van der Waals surface area contributed by atoms with Gasteiger partial charge in [-0.25, -0.2) is 22.0 Å². The zero-order valence-corrected chi connectivity index (χ0v) is 12.5. The number of carbonyl (C=O) groups excluding carboxylic acids is 1. The molecule has 0 amide bonds. The van der Waals surface area contributed by atoms with Crippen LogP contribution in [-0.2, 0) is 0 Å². The van der Waals surface area contributed by atoms with Gasteiger partial charge in [0.05, 0.1) is 0 Å². The molecular weight excluding hydrogens is 339 g/mol. The van der Waals surface area contributed by atoms with Crippen LogP contribution in [0.3, 0.4) is 0 Å². The summed E-state index contributed by atoms with van der Waals surface area (Å²) in [6.45, 7) is 0. The highest BCUT2D eigenvalue weighted by Gasteiger charge is 2.30. The third-order valence-electron chi connectivity index (χ3n) is 3.69. The molecule has 0 heterocycles. The molecule has 0 fully saturated rings. The second-order valence-electron chi connectivity index (χ2n) is 5.22. The Labute approximate surface area is 139 Å². The van der Waals surface area contributed by atoms with Crippen LogP contribution in [-0.4, -0.2) is 5.78 Å². The number of benzene rings is 3. The van der Waals surface area contributed by atoms with E-state index < -0.39 is 40.4 Å². The molecule has 0 atom stereocenters. The Kier molecular flexibility index (Phi) is 4.35. The van der Waals surface area contributed by atoms with E-state index in [1.165, 1.54) is 24.3 Å². The maximum Gasteiger partial charge on any atom is 0.200 e. The average molecular weight is 348 g/mol. The van der Waals surface area contributed by atoms with Crippen LogP contribution >= 0.6 is 0 Å². The number of ketones is 1. The summed E-state index contributed by atoms with van der Waals surface area (Å²) in [6, 6.07) is 14.7. The molecular formula is C19H9F5O. The molecule has 0 aliphatic carbocycles. The van der Waals surface area contributed by atoms with Crippen molar-refractivity contribution in [3.8, 4) is 11.1 Å². The Bertz CT molecular complexity index is 921. The zero-order valence-electron chi connectivity index (χ0n) is 12.5. The minimum Gasteiger partial charge on any atom is -0.288 e. The highest BCUT2D eigenvalue weighted by Crippen LogP contribution is 2.26. The first kappa shape index (κ1) is 16.8. The Balaban J connectivity index is 2.03. The molecule has 6 heteroatoms. The van der Waals surface area contributed by atoms with Crippen LogP contribution in [0.4, 0.5) is 22.0 Å². The summed E-state index contributed by atoms with van der Waals surface area (Å²) in [5, 5.41) is 0. The van der Waals surface area contributed by atoms with Gasteiger partial charge in [0.15, 0.2) is 29.1 Å². The van der Waals surface area contributed by atoms with Crippen molar-refractivity contribution in [3.05, 3.63) is 94.8 Å². The molecule has 25 heavy (non-hydrogen) atoms. The number of halogens is 5. The molecule has 0 saturated heterocycles. The maximum atomic E-state index is 13.7. The Morgan fingerprint density at radius 2 is 1.00 bits per heavy atom. The van der Waals surface area contributed by atoms with Crippen molar-refractivity contribution in [1.82, 2.24) is 0 Å². The molecule has 0 spiro atoms. The van der Waals surface area contributed by atoms with E-state index in [1.54, 1.807) is 0 Å². The van der Waals surface area contributed by atoms with Crippen LogP contribution < -0.4 is 0 Å². The molecule has 3 aromatic rings. The number of carbonyl (C=O) groups is 1. The molecule has 0 aliphatic heterocycles. The molecule has 0 radical (unpaired) electrons. The zero-order chi connectivity index (χ0) is 18.1. The lowest BCUT2D eigenvalue weighted by molar-refractivity contribution is 0.102. The molecule has 0 N–H and O–H groups in total. The largest absolute Gasteiger partial charge is 0.288 e. The first-order valence-electron chi connectivity index (χ1n) is 7.13. The van der Waals surface area contributed by atoms with E-state index in [9.17, 15) is 26.7 Å². The molecule has 0 unspecified atom stereocenters. The van der Waals surface area contributed by atoms with Gasteiger partial charge in [-0.15, -0.1) is 0 Å². The number of rotatable bonds is 3. The highest BCUT2D eigenvalue weighted by atomic mass is 19.2. The van der Waals surface area contributed by atoms with E-state index in [0.29, 0.717) is 0 Å². The maximum absolute atomic E-state index is 13.7. The van der Waals surface area contributed by atoms with Crippen LogP contribution in [0, 0.1) is 29.1 Å². The van der Waals surface area contributed by atoms with Crippen LogP contribution in [0.2, 0.25) is 0 Å². The smallest absolute Gasteiger partial charge is 0.200 e. The Morgan fingerprint density at radius 3 is 1.52 bits per heavy atom. The fraction of sp³-hybridized carbons (Fsp3) is 0. The van der Waals surface area contributed by atoms with Crippen molar-refractivity contribution in [2.24, 2.45) is 0 Å². The van der Waals surface area contributed by atoms with Crippen molar-refractivity contribution in [2.45, 2.75) is 0 Å². The summed E-state index contributed by atoms with van der Waals surface area (Å²) >= 11 is 0. The third-order valence-corrected chi connectivity index (χ3v) is 3.69. The van der Waals surface area contributed by atoms with Crippen LogP contribution in [0.15, 0.2) is 54.6 Å². The highest BCUT2D eigenvalue weighted by molar-refractivity contribution is 6.09. The summed E-state index contributed by atoms with van der Waals surface area (Å²) in [5.74, 6) is -12.2. The van der Waals surface area contributed by atoms with Gasteiger partial charge in [-0.3, -0.25) is 4.79 Å². The molecule has 126 valence electrons. The van der Waals surface area contributed by atoms with Gasteiger partial charge >= 0.3 is 0 Å². The summed E-state index contributed by atoms with van der Waals surface area (Å²) in [7, 11) is 0. The molecule has 0 bridgehead atoms. The molecule has 0 aromatic heterocycles. The van der Waals surface area contributed by atoms with E-state index in [2.05, 4.69) is 0 Å². The number of hydrogen-bond acceptors (Lipinski definition) is 1. The average Bonchev–Trinajstić information content (AvgIpc) is 2.65. The van der Waals surface area contributed by atoms with E-state index in [-0.39, 0.29) is 5.56 Å². The Hall–Kier alpha value is -3.02. The lowest BCUT2D eigenvalue weighted by Crippen LogP contribution is -2.13.